The Labute approximate surface area is 237 Å². The van der Waals surface area contributed by atoms with Gasteiger partial charge in [0.05, 0.1) is 29.5 Å². The molecule has 2 aliphatic carbocycles. The molecule has 2 aliphatic rings. The van der Waals surface area contributed by atoms with E-state index in [0.717, 1.165) is 47.8 Å². The molecule has 1 atom stereocenters. The highest BCUT2D eigenvalue weighted by Crippen LogP contribution is 2.36. The first-order valence-corrected chi connectivity index (χ1v) is 14.0. The van der Waals surface area contributed by atoms with Gasteiger partial charge in [0.15, 0.2) is 0 Å². The summed E-state index contributed by atoms with van der Waals surface area (Å²) in [5, 5.41) is 10.0. The van der Waals surface area contributed by atoms with Crippen LogP contribution >= 0.6 is 0 Å². The van der Waals surface area contributed by atoms with E-state index in [1.54, 1.807) is 6.20 Å². The van der Waals surface area contributed by atoms with Crippen molar-refractivity contribution in [3.8, 4) is 0 Å². The number of benzene rings is 1. The highest BCUT2D eigenvalue weighted by molar-refractivity contribution is 6.06. The lowest BCUT2D eigenvalue weighted by molar-refractivity contribution is 0.0513. The number of carbonyl (C=O) groups excluding carboxylic acids is 2. The summed E-state index contributed by atoms with van der Waals surface area (Å²) in [5.41, 5.74) is 4.17. The van der Waals surface area contributed by atoms with Gasteiger partial charge in [0.2, 0.25) is 0 Å². The molecule has 1 unspecified atom stereocenters. The van der Waals surface area contributed by atoms with Crippen molar-refractivity contribution in [2.75, 3.05) is 0 Å². The highest BCUT2D eigenvalue weighted by Gasteiger charge is 2.40. The monoisotopic (exact) mass is 543 g/mol. The second-order valence-electron chi connectivity index (χ2n) is 11.3. The minimum absolute atomic E-state index is 0.0605. The molecule has 1 amide bonds. The number of allylic oxidation sites excluding steroid dienone is 4. The van der Waals surface area contributed by atoms with Crippen molar-refractivity contribution in [2.45, 2.75) is 91.0 Å². The van der Waals surface area contributed by atoms with Gasteiger partial charge in [-0.3, -0.25) is 9.48 Å². The number of carbonyl (C=O) groups is 2. The zero-order chi connectivity index (χ0) is 29.0. The standard InChI is InChI=1S/C30H37N5O3.C2H4/c1-6-9-20(7-2)18-33-27-11-8-10-24(25(27)17-31-33)28(36)35(22-12-13-22)23-14-15-26-21(16-23)19-34(32-26)29(37)38-30(3,4)5;1-2/h6-11,17,19,22-23H,12-16,18H2,1-5H3;1-2H2/b9-6-,20-7+;. The van der Waals surface area contributed by atoms with E-state index in [1.807, 2.05) is 69.8 Å². The van der Waals surface area contributed by atoms with E-state index in [0.29, 0.717) is 18.5 Å². The minimum Gasteiger partial charge on any atom is -0.442 e. The van der Waals surface area contributed by atoms with Gasteiger partial charge in [0.25, 0.3) is 5.91 Å². The molecule has 2 aromatic heterocycles. The fraction of sp³-hybridized carbons (Fsp3) is 0.438. The van der Waals surface area contributed by atoms with Crippen molar-refractivity contribution in [3.05, 3.63) is 84.4 Å². The largest absolute Gasteiger partial charge is 0.442 e. The first-order chi connectivity index (χ1) is 19.2. The molecule has 0 saturated heterocycles. The maximum Gasteiger partial charge on any atom is 0.435 e. The molecule has 8 nitrogen and oxygen atoms in total. The summed E-state index contributed by atoms with van der Waals surface area (Å²) in [6.07, 6.45) is 13.6. The molecular formula is C32H41N5O3. The number of rotatable bonds is 6. The predicted octanol–water partition coefficient (Wildman–Crippen LogP) is 6.50. The van der Waals surface area contributed by atoms with Gasteiger partial charge in [0, 0.05) is 23.7 Å². The Bertz CT molecular complexity index is 1430. The third-order valence-electron chi connectivity index (χ3n) is 7.20. The lowest BCUT2D eigenvalue weighted by Crippen LogP contribution is -2.44. The van der Waals surface area contributed by atoms with E-state index in [-0.39, 0.29) is 18.0 Å². The molecular weight excluding hydrogens is 502 g/mol. The van der Waals surface area contributed by atoms with Crippen molar-refractivity contribution in [3.63, 3.8) is 0 Å². The van der Waals surface area contributed by atoms with Crippen molar-refractivity contribution < 1.29 is 14.3 Å². The van der Waals surface area contributed by atoms with Crippen LogP contribution in [-0.4, -0.2) is 54.1 Å². The molecule has 0 N–H and O–H groups in total. The lowest BCUT2D eigenvalue weighted by atomic mass is 9.91. The van der Waals surface area contributed by atoms with E-state index in [9.17, 15) is 9.59 Å². The molecule has 8 heteroatoms. The van der Waals surface area contributed by atoms with Crippen molar-refractivity contribution in [2.24, 2.45) is 0 Å². The van der Waals surface area contributed by atoms with Gasteiger partial charge in [-0.2, -0.15) is 14.9 Å². The first-order valence-electron chi connectivity index (χ1n) is 14.0. The maximum atomic E-state index is 14.1. The van der Waals surface area contributed by atoms with Crippen molar-refractivity contribution >= 4 is 22.9 Å². The quantitative estimate of drug-likeness (QED) is 0.262. The average molecular weight is 544 g/mol. The molecule has 1 saturated carbocycles. The van der Waals surface area contributed by atoms with Crippen LogP contribution in [0, 0.1) is 0 Å². The zero-order valence-electron chi connectivity index (χ0n) is 24.4. The molecule has 40 heavy (non-hydrogen) atoms. The van der Waals surface area contributed by atoms with E-state index < -0.39 is 11.7 Å². The summed E-state index contributed by atoms with van der Waals surface area (Å²) >= 11 is 0. The summed E-state index contributed by atoms with van der Waals surface area (Å²) < 4.78 is 8.76. The number of hydrogen-bond donors (Lipinski definition) is 0. The van der Waals surface area contributed by atoms with Crippen LogP contribution in [-0.2, 0) is 24.1 Å². The molecule has 2 heterocycles. The van der Waals surface area contributed by atoms with Crippen LogP contribution in [0.4, 0.5) is 4.79 Å². The summed E-state index contributed by atoms with van der Waals surface area (Å²) in [4.78, 5) is 28.7. The summed E-state index contributed by atoms with van der Waals surface area (Å²) in [6.45, 7) is 16.2. The number of aryl methyl sites for hydroxylation is 1. The number of ether oxygens (including phenoxy) is 1. The Morgan fingerprint density at radius 3 is 2.55 bits per heavy atom. The predicted molar refractivity (Wildman–Crippen MR) is 158 cm³/mol. The van der Waals surface area contributed by atoms with Crippen LogP contribution in [0.1, 0.15) is 75.5 Å². The van der Waals surface area contributed by atoms with E-state index in [1.165, 1.54) is 10.3 Å². The van der Waals surface area contributed by atoms with Gasteiger partial charge in [-0.05, 0) is 90.0 Å². The molecule has 1 aromatic carbocycles. The third kappa shape index (κ3) is 6.27. The van der Waals surface area contributed by atoms with Crippen LogP contribution in [0.3, 0.4) is 0 Å². The van der Waals surface area contributed by atoms with Gasteiger partial charge < -0.3 is 9.64 Å². The fourth-order valence-electron chi connectivity index (χ4n) is 5.29. The second-order valence-corrected chi connectivity index (χ2v) is 11.3. The highest BCUT2D eigenvalue weighted by atomic mass is 16.6. The Hall–Kier alpha value is -3.94. The minimum atomic E-state index is -0.586. The third-order valence-corrected chi connectivity index (χ3v) is 7.20. The summed E-state index contributed by atoms with van der Waals surface area (Å²) in [5.74, 6) is 0.0605. The van der Waals surface area contributed by atoms with Crippen LogP contribution in [0.2, 0.25) is 0 Å². The smallest absolute Gasteiger partial charge is 0.435 e. The number of nitrogens with zero attached hydrogens (tertiary/aromatic N) is 5. The summed E-state index contributed by atoms with van der Waals surface area (Å²) in [7, 11) is 0. The molecule has 0 bridgehead atoms. The van der Waals surface area contributed by atoms with Crippen LogP contribution in [0.5, 0.6) is 0 Å². The van der Waals surface area contributed by atoms with Crippen LogP contribution in [0.25, 0.3) is 10.9 Å². The second kappa shape index (κ2) is 12.1. The average Bonchev–Trinajstić information content (AvgIpc) is 3.52. The first kappa shape index (κ1) is 29.1. The van der Waals surface area contributed by atoms with Crippen LogP contribution in [0.15, 0.2) is 67.6 Å². The zero-order valence-corrected chi connectivity index (χ0v) is 24.4. The van der Waals surface area contributed by atoms with E-state index in [2.05, 4.69) is 40.4 Å². The van der Waals surface area contributed by atoms with Crippen molar-refractivity contribution in [1.82, 2.24) is 24.5 Å². The molecule has 5 rings (SSSR count). The molecule has 3 aromatic rings. The normalized spacial score (nSPS) is 17.3. The molecule has 212 valence electrons. The molecule has 0 spiro atoms. The Balaban J connectivity index is 0.00000181. The van der Waals surface area contributed by atoms with Gasteiger partial charge in [0.1, 0.15) is 5.60 Å². The van der Waals surface area contributed by atoms with Gasteiger partial charge in [-0.1, -0.05) is 24.3 Å². The molecule has 1 fully saturated rings. The number of amides is 1. The van der Waals surface area contributed by atoms with E-state index >= 15 is 0 Å². The SMILES string of the molecule is C/C=C\C(=C/C)Cn1ncc2c(C(=O)N(C3CC3)C3CCc4nn(C(=O)OC(C)(C)C)cc4C3)cccc21.C=C. The fourth-order valence-corrected chi connectivity index (χ4v) is 5.29. The number of fused-ring (bicyclic) bond motifs is 2. The van der Waals surface area contributed by atoms with Gasteiger partial charge >= 0.3 is 6.09 Å². The Morgan fingerprint density at radius 2 is 1.90 bits per heavy atom. The topological polar surface area (TPSA) is 82.3 Å². The van der Waals surface area contributed by atoms with Crippen LogP contribution < -0.4 is 0 Å². The van der Waals surface area contributed by atoms with Crippen molar-refractivity contribution in [1.29, 1.82) is 0 Å². The van der Waals surface area contributed by atoms with Gasteiger partial charge in [-0.15, -0.1) is 13.2 Å². The molecule has 0 aliphatic heterocycles. The number of hydrogen-bond acceptors (Lipinski definition) is 5. The summed E-state index contributed by atoms with van der Waals surface area (Å²) in [6, 6.07) is 6.22. The van der Waals surface area contributed by atoms with Gasteiger partial charge in [-0.25, -0.2) is 4.79 Å². The van der Waals surface area contributed by atoms with E-state index in [4.69, 9.17) is 4.74 Å². The lowest BCUT2D eigenvalue weighted by Gasteiger charge is -2.34. The Kier molecular flexibility index (Phi) is 8.76. The Morgan fingerprint density at radius 1 is 1.15 bits per heavy atom. The molecule has 0 radical (unpaired) electrons. The number of aromatic nitrogens is 4. The maximum absolute atomic E-state index is 14.1.